The smallest absolute Gasteiger partial charge is 0.200 e. The summed E-state index contributed by atoms with van der Waals surface area (Å²) in [5, 5.41) is 9.79. The van der Waals surface area contributed by atoms with E-state index in [0.717, 1.165) is 30.2 Å². The molecule has 0 amide bonds. The Morgan fingerprint density at radius 1 is 1.31 bits per heavy atom. The number of halogens is 2. The van der Waals surface area contributed by atoms with Gasteiger partial charge in [0.05, 0.1) is 18.9 Å². The zero-order valence-electron chi connectivity index (χ0n) is 13.9. The van der Waals surface area contributed by atoms with Gasteiger partial charge >= 0.3 is 0 Å². The lowest BCUT2D eigenvalue weighted by Crippen LogP contribution is -2.16. The SMILES string of the molecule is Fc1ccc(CSc2nnc(-c3ccco3)n2CC2CCCO2)c(Cl)c1. The van der Waals surface area contributed by atoms with E-state index < -0.39 is 0 Å². The average Bonchev–Trinajstić information content (AvgIpc) is 3.36. The average molecular weight is 394 g/mol. The Balaban J connectivity index is 1.58. The molecule has 0 aliphatic carbocycles. The summed E-state index contributed by atoms with van der Waals surface area (Å²) in [5.74, 6) is 1.58. The van der Waals surface area contributed by atoms with E-state index in [0.29, 0.717) is 28.9 Å². The molecule has 0 saturated carbocycles. The molecule has 1 saturated heterocycles. The van der Waals surface area contributed by atoms with Gasteiger partial charge in [0.25, 0.3) is 0 Å². The van der Waals surface area contributed by atoms with E-state index in [1.54, 1.807) is 12.3 Å². The van der Waals surface area contributed by atoms with Gasteiger partial charge in [-0.05, 0) is 42.7 Å². The number of rotatable bonds is 6. The van der Waals surface area contributed by atoms with E-state index in [4.69, 9.17) is 20.8 Å². The maximum absolute atomic E-state index is 13.2. The Labute approximate surface area is 159 Å². The molecule has 1 fully saturated rings. The maximum Gasteiger partial charge on any atom is 0.200 e. The molecule has 26 heavy (non-hydrogen) atoms. The van der Waals surface area contributed by atoms with Crippen molar-refractivity contribution in [1.82, 2.24) is 14.8 Å². The lowest BCUT2D eigenvalue weighted by atomic mass is 10.2. The standard InChI is InChI=1S/C18H17ClFN3O2S/c19-15-9-13(20)6-5-12(15)11-26-18-22-21-17(16-4-2-8-25-16)23(18)10-14-3-1-7-24-14/h2,4-6,8-9,14H,1,3,7,10-11H2. The van der Waals surface area contributed by atoms with Crippen molar-refractivity contribution in [2.75, 3.05) is 6.61 Å². The number of benzene rings is 1. The Hall–Kier alpha value is -1.83. The second-order valence-electron chi connectivity index (χ2n) is 6.05. The first-order valence-electron chi connectivity index (χ1n) is 8.36. The Morgan fingerprint density at radius 3 is 2.96 bits per heavy atom. The zero-order chi connectivity index (χ0) is 17.9. The lowest BCUT2D eigenvalue weighted by molar-refractivity contribution is 0.0952. The molecule has 0 radical (unpaired) electrons. The minimum Gasteiger partial charge on any atom is -0.461 e. The monoisotopic (exact) mass is 393 g/mol. The summed E-state index contributed by atoms with van der Waals surface area (Å²) in [5.41, 5.74) is 0.851. The Bertz CT molecular complexity index is 879. The summed E-state index contributed by atoms with van der Waals surface area (Å²) in [6, 6.07) is 8.11. The normalized spacial score (nSPS) is 17.1. The van der Waals surface area contributed by atoms with Crippen LogP contribution >= 0.6 is 23.4 Å². The van der Waals surface area contributed by atoms with E-state index in [-0.39, 0.29) is 11.9 Å². The van der Waals surface area contributed by atoms with Gasteiger partial charge in [-0.3, -0.25) is 4.57 Å². The zero-order valence-corrected chi connectivity index (χ0v) is 15.5. The summed E-state index contributed by atoms with van der Waals surface area (Å²) in [7, 11) is 0. The highest BCUT2D eigenvalue weighted by molar-refractivity contribution is 7.98. The number of nitrogens with zero attached hydrogens (tertiary/aromatic N) is 3. The third-order valence-corrected chi connectivity index (χ3v) is 5.61. The third kappa shape index (κ3) is 3.79. The summed E-state index contributed by atoms with van der Waals surface area (Å²) in [6.45, 7) is 1.46. The topological polar surface area (TPSA) is 53.1 Å². The fraction of sp³-hybridized carbons (Fsp3) is 0.333. The van der Waals surface area contributed by atoms with Crippen molar-refractivity contribution in [1.29, 1.82) is 0 Å². The highest BCUT2D eigenvalue weighted by Gasteiger charge is 2.23. The largest absolute Gasteiger partial charge is 0.461 e. The van der Waals surface area contributed by atoms with Gasteiger partial charge in [-0.2, -0.15) is 0 Å². The molecule has 3 heterocycles. The Morgan fingerprint density at radius 2 is 2.23 bits per heavy atom. The van der Waals surface area contributed by atoms with Gasteiger partial charge in [-0.25, -0.2) is 4.39 Å². The first-order chi connectivity index (χ1) is 12.7. The molecule has 0 N–H and O–H groups in total. The molecule has 2 aromatic heterocycles. The molecule has 1 aliphatic rings. The minimum absolute atomic E-state index is 0.147. The number of thioether (sulfide) groups is 1. The molecule has 136 valence electrons. The van der Waals surface area contributed by atoms with Gasteiger partial charge in [-0.1, -0.05) is 29.4 Å². The summed E-state index contributed by atoms with van der Waals surface area (Å²) in [4.78, 5) is 0. The molecular weight excluding hydrogens is 377 g/mol. The van der Waals surface area contributed by atoms with Crippen molar-refractivity contribution in [3.05, 3.63) is 53.0 Å². The van der Waals surface area contributed by atoms with Crippen LogP contribution in [0.15, 0.2) is 46.2 Å². The first kappa shape index (κ1) is 17.6. The highest BCUT2D eigenvalue weighted by Crippen LogP contribution is 2.30. The number of aromatic nitrogens is 3. The van der Waals surface area contributed by atoms with Crippen molar-refractivity contribution >= 4 is 23.4 Å². The predicted molar refractivity (Wildman–Crippen MR) is 97.7 cm³/mol. The van der Waals surface area contributed by atoms with Crippen LogP contribution in [-0.2, 0) is 17.0 Å². The van der Waals surface area contributed by atoms with Crippen LogP contribution in [0.25, 0.3) is 11.6 Å². The molecular formula is C18H17ClFN3O2S. The molecule has 1 aromatic carbocycles. The van der Waals surface area contributed by atoms with Crippen molar-refractivity contribution in [2.45, 2.75) is 36.4 Å². The molecule has 0 spiro atoms. The molecule has 1 aliphatic heterocycles. The van der Waals surface area contributed by atoms with Gasteiger partial charge in [0.1, 0.15) is 5.82 Å². The molecule has 3 aromatic rings. The number of hydrogen-bond acceptors (Lipinski definition) is 5. The van der Waals surface area contributed by atoms with Gasteiger partial charge < -0.3 is 9.15 Å². The van der Waals surface area contributed by atoms with Crippen molar-refractivity contribution in [2.24, 2.45) is 0 Å². The van der Waals surface area contributed by atoms with Crippen LogP contribution in [-0.4, -0.2) is 27.5 Å². The van der Waals surface area contributed by atoms with Crippen LogP contribution in [0.3, 0.4) is 0 Å². The van der Waals surface area contributed by atoms with Crippen molar-refractivity contribution < 1.29 is 13.5 Å². The summed E-state index contributed by atoms with van der Waals surface area (Å²) in [6.07, 6.45) is 3.85. The van der Waals surface area contributed by atoms with E-state index >= 15 is 0 Å². The highest BCUT2D eigenvalue weighted by atomic mass is 35.5. The van der Waals surface area contributed by atoms with Crippen LogP contribution in [0.5, 0.6) is 0 Å². The van der Waals surface area contributed by atoms with Crippen LogP contribution < -0.4 is 0 Å². The predicted octanol–water partition coefficient (Wildman–Crippen LogP) is 4.80. The molecule has 4 rings (SSSR count). The third-order valence-electron chi connectivity index (χ3n) is 4.24. The van der Waals surface area contributed by atoms with Gasteiger partial charge in [-0.15, -0.1) is 10.2 Å². The molecule has 8 heteroatoms. The van der Waals surface area contributed by atoms with Gasteiger partial charge in [0.15, 0.2) is 10.9 Å². The summed E-state index contributed by atoms with van der Waals surface area (Å²) < 4.78 is 26.5. The second kappa shape index (κ2) is 7.82. The van der Waals surface area contributed by atoms with Crippen molar-refractivity contribution in [3.8, 4) is 11.6 Å². The molecule has 0 bridgehead atoms. The quantitative estimate of drug-likeness (QED) is 0.563. The van der Waals surface area contributed by atoms with Gasteiger partial charge in [0.2, 0.25) is 5.82 Å². The van der Waals surface area contributed by atoms with E-state index in [1.165, 1.54) is 23.9 Å². The number of ether oxygens (including phenoxy) is 1. The fourth-order valence-corrected chi connectivity index (χ4v) is 4.19. The van der Waals surface area contributed by atoms with Crippen molar-refractivity contribution in [3.63, 3.8) is 0 Å². The molecule has 1 atom stereocenters. The van der Waals surface area contributed by atoms with Crippen LogP contribution in [0.1, 0.15) is 18.4 Å². The first-order valence-corrected chi connectivity index (χ1v) is 9.72. The van der Waals surface area contributed by atoms with E-state index in [2.05, 4.69) is 10.2 Å². The van der Waals surface area contributed by atoms with E-state index in [9.17, 15) is 4.39 Å². The van der Waals surface area contributed by atoms with Crippen LogP contribution in [0.4, 0.5) is 4.39 Å². The number of furan rings is 1. The minimum atomic E-state index is -0.342. The van der Waals surface area contributed by atoms with E-state index in [1.807, 2.05) is 16.7 Å². The van der Waals surface area contributed by atoms with Gasteiger partial charge in [0, 0.05) is 17.4 Å². The summed E-state index contributed by atoms with van der Waals surface area (Å²) >= 11 is 7.64. The van der Waals surface area contributed by atoms with Crippen LogP contribution in [0, 0.1) is 5.82 Å². The second-order valence-corrected chi connectivity index (χ2v) is 7.40. The lowest BCUT2D eigenvalue weighted by Gasteiger charge is -2.14. The molecule has 5 nitrogen and oxygen atoms in total. The fourth-order valence-electron chi connectivity index (χ4n) is 2.92. The molecule has 1 unspecified atom stereocenters. The maximum atomic E-state index is 13.2. The Kier molecular flexibility index (Phi) is 5.28. The number of hydrogen-bond donors (Lipinski definition) is 0. The van der Waals surface area contributed by atoms with Crippen LogP contribution in [0.2, 0.25) is 5.02 Å².